The summed E-state index contributed by atoms with van der Waals surface area (Å²) in [6.07, 6.45) is 0.996. The van der Waals surface area contributed by atoms with Crippen molar-refractivity contribution in [2.24, 2.45) is 0 Å². The third kappa shape index (κ3) is 2.87. The maximum absolute atomic E-state index is 12.4. The molecule has 1 aromatic rings. The molecule has 1 aliphatic rings. The number of nitrogens with zero attached hydrogens (tertiary/aromatic N) is 1. The molecule has 0 bridgehead atoms. The third-order valence-electron chi connectivity index (χ3n) is 3.00. The summed E-state index contributed by atoms with van der Waals surface area (Å²) < 4.78 is 0.950. The Bertz CT molecular complexity index is 404. The topological polar surface area (TPSA) is 32.3 Å². The second-order valence-electron chi connectivity index (χ2n) is 4.32. The van der Waals surface area contributed by atoms with Crippen LogP contribution in [-0.4, -0.2) is 36.5 Å². The molecule has 4 heteroatoms. The first-order valence-corrected chi connectivity index (χ1v) is 6.79. The van der Waals surface area contributed by atoms with Gasteiger partial charge < -0.3 is 10.2 Å². The summed E-state index contributed by atoms with van der Waals surface area (Å²) in [4.78, 5) is 14.4. The van der Waals surface area contributed by atoms with Gasteiger partial charge >= 0.3 is 0 Å². The number of benzene rings is 1. The van der Waals surface area contributed by atoms with Gasteiger partial charge in [-0.25, -0.2) is 0 Å². The number of hydrogen-bond donors (Lipinski definition) is 1. The molecule has 1 aromatic carbocycles. The number of carbonyl (C=O) groups is 1. The first kappa shape index (κ1) is 12.6. The van der Waals surface area contributed by atoms with E-state index < -0.39 is 0 Å². The highest BCUT2D eigenvalue weighted by atomic mass is 79.9. The Hall–Kier alpha value is -0.870. The van der Waals surface area contributed by atoms with Crippen LogP contribution >= 0.6 is 15.9 Å². The minimum absolute atomic E-state index is 0.139. The maximum Gasteiger partial charge on any atom is 0.254 e. The van der Waals surface area contributed by atoms with Crippen LogP contribution in [0, 0.1) is 0 Å². The van der Waals surface area contributed by atoms with Crippen molar-refractivity contribution in [1.82, 2.24) is 10.2 Å². The Labute approximate surface area is 110 Å². The maximum atomic E-state index is 12.4. The molecule has 3 nitrogen and oxygen atoms in total. The van der Waals surface area contributed by atoms with E-state index >= 15 is 0 Å². The van der Waals surface area contributed by atoms with Crippen molar-refractivity contribution in [3.05, 3.63) is 34.3 Å². The van der Waals surface area contributed by atoms with Crippen LogP contribution in [0.1, 0.15) is 23.7 Å². The van der Waals surface area contributed by atoms with E-state index in [4.69, 9.17) is 0 Å². The third-order valence-corrected chi connectivity index (χ3v) is 3.49. The van der Waals surface area contributed by atoms with Crippen molar-refractivity contribution in [3.8, 4) is 0 Å². The first-order valence-electron chi connectivity index (χ1n) is 5.99. The average Bonchev–Trinajstić information content (AvgIpc) is 2.25. The van der Waals surface area contributed by atoms with E-state index in [1.165, 1.54) is 0 Å². The summed E-state index contributed by atoms with van der Waals surface area (Å²) in [5, 5.41) is 3.21. The van der Waals surface area contributed by atoms with Gasteiger partial charge in [-0.1, -0.05) is 28.9 Å². The Balaban J connectivity index is 2.15. The van der Waals surface area contributed by atoms with Gasteiger partial charge in [-0.05, 0) is 24.6 Å². The number of carbonyl (C=O) groups excluding carboxylic acids is 1. The number of amides is 1. The second kappa shape index (κ2) is 5.65. The van der Waals surface area contributed by atoms with Crippen molar-refractivity contribution >= 4 is 21.8 Å². The standard InChI is InChI=1S/C13H17BrN2O/c1-2-6-16(12-8-15-9-12)13(17)10-4-3-5-11(14)7-10/h3-5,7,12,15H,2,6,8-9H2,1H3. The van der Waals surface area contributed by atoms with Crippen LogP contribution in [0.5, 0.6) is 0 Å². The van der Waals surface area contributed by atoms with Crippen molar-refractivity contribution in [2.75, 3.05) is 19.6 Å². The van der Waals surface area contributed by atoms with Crippen LogP contribution < -0.4 is 5.32 Å². The minimum Gasteiger partial charge on any atom is -0.333 e. The number of rotatable bonds is 4. The molecule has 1 aliphatic heterocycles. The van der Waals surface area contributed by atoms with Crippen LogP contribution in [0.15, 0.2) is 28.7 Å². The van der Waals surface area contributed by atoms with Crippen molar-refractivity contribution in [1.29, 1.82) is 0 Å². The van der Waals surface area contributed by atoms with Crippen molar-refractivity contribution in [3.63, 3.8) is 0 Å². The van der Waals surface area contributed by atoms with Gasteiger partial charge in [-0.3, -0.25) is 4.79 Å². The Morgan fingerprint density at radius 2 is 2.29 bits per heavy atom. The van der Waals surface area contributed by atoms with Crippen molar-refractivity contribution < 1.29 is 4.79 Å². The molecule has 0 aliphatic carbocycles. The van der Waals surface area contributed by atoms with Gasteiger partial charge in [0.15, 0.2) is 0 Å². The highest BCUT2D eigenvalue weighted by Gasteiger charge is 2.28. The molecule has 0 spiro atoms. The van der Waals surface area contributed by atoms with Gasteiger partial charge in [0.25, 0.3) is 5.91 Å². The average molecular weight is 297 g/mol. The molecule has 2 rings (SSSR count). The summed E-state index contributed by atoms with van der Waals surface area (Å²) >= 11 is 3.40. The van der Waals surface area contributed by atoms with Gasteiger partial charge in [-0.15, -0.1) is 0 Å². The fourth-order valence-corrected chi connectivity index (χ4v) is 2.37. The first-order chi connectivity index (χ1) is 8.22. The fourth-order valence-electron chi connectivity index (χ4n) is 1.97. The number of halogens is 1. The lowest BCUT2D eigenvalue weighted by Crippen LogP contribution is -2.59. The van der Waals surface area contributed by atoms with E-state index in [2.05, 4.69) is 28.2 Å². The van der Waals surface area contributed by atoms with Crippen LogP contribution in [-0.2, 0) is 0 Å². The number of hydrogen-bond acceptors (Lipinski definition) is 2. The molecule has 1 amide bonds. The lowest BCUT2D eigenvalue weighted by molar-refractivity contribution is 0.0615. The SMILES string of the molecule is CCCN(C(=O)c1cccc(Br)c1)C1CNC1. The van der Waals surface area contributed by atoms with E-state index in [1.54, 1.807) is 0 Å². The van der Waals surface area contributed by atoms with Crippen LogP contribution in [0.3, 0.4) is 0 Å². The molecule has 17 heavy (non-hydrogen) atoms. The molecule has 92 valence electrons. The molecule has 0 saturated carbocycles. The minimum atomic E-state index is 0.139. The molecule has 0 radical (unpaired) electrons. The van der Waals surface area contributed by atoms with E-state index in [0.717, 1.165) is 36.1 Å². The second-order valence-corrected chi connectivity index (χ2v) is 5.24. The Morgan fingerprint density at radius 1 is 1.53 bits per heavy atom. The quantitative estimate of drug-likeness (QED) is 0.924. The lowest BCUT2D eigenvalue weighted by Gasteiger charge is -2.38. The molecule has 0 aromatic heterocycles. The largest absolute Gasteiger partial charge is 0.333 e. The normalized spacial score (nSPS) is 15.4. The lowest BCUT2D eigenvalue weighted by atomic mass is 10.1. The zero-order valence-electron chi connectivity index (χ0n) is 9.95. The summed E-state index contributed by atoms with van der Waals surface area (Å²) in [5.41, 5.74) is 0.764. The zero-order chi connectivity index (χ0) is 12.3. The molecular weight excluding hydrogens is 280 g/mol. The van der Waals surface area contributed by atoms with Gasteiger partial charge in [0, 0.05) is 29.7 Å². The smallest absolute Gasteiger partial charge is 0.254 e. The molecule has 0 atom stereocenters. The molecular formula is C13H17BrN2O. The monoisotopic (exact) mass is 296 g/mol. The van der Waals surface area contributed by atoms with Crippen LogP contribution in [0.25, 0.3) is 0 Å². The fraction of sp³-hybridized carbons (Fsp3) is 0.462. The molecule has 1 N–H and O–H groups in total. The summed E-state index contributed by atoms with van der Waals surface area (Å²) in [5.74, 6) is 0.139. The molecule has 1 saturated heterocycles. The van der Waals surface area contributed by atoms with Gasteiger partial charge in [0.2, 0.25) is 0 Å². The van der Waals surface area contributed by atoms with Crippen LogP contribution in [0.2, 0.25) is 0 Å². The van der Waals surface area contributed by atoms with Gasteiger partial charge in [0.1, 0.15) is 0 Å². The molecule has 0 unspecified atom stereocenters. The summed E-state index contributed by atoms with van der Waals surface area (Å²) in [6, 6.07) is 7.96. The van der Waals surface area contributed by atoms with E-state index in [0.29, 0.717) is 6.04 Å². The Kier molecular flexibility index (Phi) is 4.18. The van der Waals surface area contributed by atoms with Crippen LogP contribution in [0.4, 0.5) is 0 Å². The van der Waals surface area contributed by atoms with E-state index in [-0.39, 0.29) is 5.91 Å². The molecule has 1 fully saturated rings. The van der Waals surface area contributed by atoms with Gasteiger partial charge in [0.05, 0.1) is 6.04 Å². The van der Waals surface area contributed by atoms with E-state index in [9.17, 15) is 4.79 Å². The highest BCUT2D eigenvalue weighted by molar-refractivity contribution is 9.10. The van der Waals surface area contributed by atoms with Gasteiger partial charge in [-0.2, -0.15) is 0 Å². The summed E-state index contributed by atoms with van der Waals surface area (Å²) in [7, 11) is 0. The predicted molar refractivity (Wildman–Crippen MR) is 72.1 cm³/mol. The summed E-state index contributed by atoms with van der Waals surface area (Å²) in [6.45, 7) is 4.77. The van der Waals surface area contributed by atoms with Crippen molar-refractivity contribution in [2.45, 2.75) is 19.4 Å². The predicted octanol–water partition coefficient (Wildman–Crippen LogP) is 2.27. The Morgan fingerprint density at radius 3 is 2.82 bits per heavy atom. The van der Waals surface area contributed by atoms with E-state index in [1.807, 2.05) is 29.2 Å². The molecule has 1 heterocycles. The highest BCUT2D eigenvalue weighted by Crippen LogP contribution is 2.16. The number of nitrogens with one attached hydrogen (secondary N) is 1. The zero-order valence-corrected chi connectivity index (χ0v) is 11.5.